The molecule has 1 aliphatic carbocycles. The van der Waals surface area contributed by atoms with Crippen LogP contribution >= 0.6 is 11.9 Å². The molecule has 1 saturated carbocycles. The van der Waals surface area contributed by atoms with Crippen molar-refractivity contribution in [1.29, 1.82) is 0 Å². The van der Waals surface area contributed by atoms with Crippen LogP contribution in [-0.2, 0) is 10.2 Å². The monoisotopic (exact) mass is 621 g/mol. The average Bonchev–Trinajstić information content (AvgIpc) is 3.65. The largest absolute Gasteiger partial charge is 0.493 e. The number of urea groups is 1. The number of carboxylic acid groups (broad SMARTS) is 1. The SMILES string of the molecule is COc1ccc(C23CCC(NC(=O)NSc4ccc(-n5cccn5)cc4)CC2N(C)CC3)cc1OC.O=C(O)C(F)(F)F. The van der Waals surface area contributed by atoms with E-state index < -0.39 is 12.1 Å². The third-order valence-electron chi connectivity index (χ3n) is 7.93. The van der Waals surface area contributed by atoms with Gasteiger partial charge >= 0.3 is 18.2 Å². The lowest BCUT2D eigenvalue weighted by Crippen LogP contribution is -2.52. The summed E-state index contributed by atoms with van der Waals surface area (Å²) in [6.07, 6.45) is 2.55. The highest BCUT2D eigenvalue weighted by Crippen LogP contribution is 2.49. The number of nitrogens with zero attached hydrogens (tertiary/aromatic N) is 3. The first kappa shape index (κ1) is 32.0. The van der Waals surface area contributed by atoms with E-state index in [1.54, 1.807) is 25.1 Å². The maximum Gasteiger partial charge on any atom is 0.490 e. The van der Waals surface area contributed by atoms with Crippen LogP contribution in [0.3, 0.4) is 0 Å². The lowest BCUT2D eigenvalue weighted by Gasteiger charge is -2.45. The fourth-order valence-corrected chi connectivity index (χ4v) is 6.34. The highest BCUT2D eigenvalue weighted by molar-refractivity contribution is 7.98. The summed E-state index contributed by atoms with van der Waals surface area (Å²) in [5.74, 6) is -1.24. The zero-order valence-electron chi connectivity index (χ0n) is 23.9. The molecule has 3 N–H and O–H groups in total. The van der Waals surface area contributed by atoms with Crippen LogP contribution in [0.4, 0.5) is 18.0 Å². The number of likely N-dealkylation sites (N-methyl/N-ethyl adjacent to an activating group) is 1. The van der Waals surface area contributed by atoms with Crippen molar-refractivity contribution in [3.8, 4) is 17.2 Å². The third-order valence-corrected chi connectivity index (χ3v) is 8.73. The number of carbonyl (C=O) groups is 2. The Hall–Kier alpha value is -3.91. The zero-order chi connectivity index (χ0) is 31.2. The van der Waals surface area contributed by atoms with E-state index in [0.717, 1.165) is 54.3 Å². The normalized spacial score (nSPS) is 21.6. The molecule has 1 aromatic heterocycles. The molecule has 3 unspecified atom stereocenters. The van der Waals surface area contributed by atoms with Gasteiger partial charge in [-0.05, 0) is 99.3 Å². The summed E-state index contributed by atoms with van der Waals surface area (Å²) in [6.45, 7) is 1.04. The van der Waals surface area contributed by atoms with Gasteiger partial charge in [0.15, 0.2) is 11.5 Å². The van der Waals surface area contributed by atoms with Crippen LogP contribution in [0.5, 0.6) is 11.5 Å². The Balaban J connectivity index is 0.000000541. The van der Waals surface area contributed by atoms with Gasteiger partial charge in [-0.25, -0.2) is 14.3 Å². The molecule has 1 saturated heterocycles. The van der Waals surface area contributed by atoms with Crippen LogP contribution in [0.1, 0.15) is 31.2 Å². The van der Waals surface area contributed by atoms with Gasteiger partial charge in [0.2, 0.25) is 0 Å². The topological polar surface area (TPSA) is 118 Å². The second kappa shape index (κ2) is 13.6. The van der Waals surface area contributed by atoms with Gasteiger partial charge in [0.1, 0.15) is 0 Å². The van der Waals surface area contributed by atoms with Gasteiger partial charge in [-0.3, -0.25) is 4.72 Å². The van der Waals surface area contributed by atoms with Crippen LogP contribution < -0.4 is 19.5 Å². The molecule has 2 aliphatic rings. The number of alkyl halides is 3. The summed E-state index contributed by atoms with van der Waals surface area (Å²) in [5, 5.41) is 14.6. The van der Waals surface area contributed by atoms with E-state index in [1.165, 1.54) is 17.5 Å². The summed E-state index contributed by atoms with van der Waals surface area (Å²) in [5.41, 5.74) is 2.34. The molecule has 0 spiro atoms. The van der Waals surface area contributed by atoms with E-state index in [9.17, 15) is 18.0 Å². The Labute approximate surface area is 251 Å². The summed E-state index contributed by atoms with van der Waals surface area (Å²) in [6, 6.07) is 16.5. The molecule has 3 atom stereocenters. The van der Waals surface area contributed by atoms with Crippen molar-refractivity contribution in [2.45, 2.75) is 54.3 Å². The first-order valence-corrected chi connectivity index (χ1v) is 14.3. The maximum atomic E-state index is 12.7. The smallest absolute Gasteiger partial charge is 0.490 e. The van der Waals surface area contributed by atoms with Crippen molar-refractivity contribution in [2.75, 3.05) is 27.8 Å². The number of hydrogen-bond donors (Lipinski definition) is 3. The molecular weight excluding hydrogens is 587 g/mol. The minimum absolute atomic E-state index is 0.0635. The number of hydrogen-bond acceptors (Lipinski definition) is 7. The van der Waals surface area contributed by atoms with E-state index in [2.05, 4.69) is 39.2 Å². The molecule has 232 valence electrons. The van der Waals surface area contributed by atoms with Gasteiger partial charge < -0.3 is 24.8 Å². The zero-order valence-corrected chi connectivity index (χ0v) is 24.7. The maximum absolute atomic E-state index is 12.7. The molecule has 3 aromatic rings. The number of methoxy groups -OCH3 is 2. The molecule has 1 aliphatic heterocycles. The predicted octanol–water partition coefficient (Wildman–Crippen LogP) is 5.02. The lowest BCUT2D eigenvalue weighted by molar-refractivity contribution is -0.192. The number of benzene rings is 2. The molecule has 10 nitrogen and oxygen atoms in total. The average molecular weight is 622 g/mol. The first-order chi connectivity index (χ1) is 20.5. The van der Waals surface area contributed by atoms with Crippen LogP contribution in [0.15, 0.2) is 65.8 Å². The van der Waals surface area contributed by atoms with Crippen molar-refractivity contribution in [2.24, 2.45) is 0 Å². The highest BCUT2D eigenvalue weighted by atomic mass is 32.2. The Morgan fingerprint density at radius 2 is 1.79 bits per heavy atom. The number of nitrogens with one attached hydrogen (secondary N) is 2. The van der Waals surface area contributed by atoms with Gasteiger partial charge in [0, 0.05) is 34.8 Å². The van der Waals surface area contributed by atoms with Crippen molar-refractivity contribution in [3.63, 3.8) is 0 Å². The minimum Gasteiger partial charge on any atom is -0.493 e. The van der Waals surface area contributed by atoms with Crippen LogP contribution in [0, 0.1) is 0 Å². The number of halogens is 3. The summed E-state index contributed by atoms with van der Waals surface area (Å²) in [4.78, 5) is 25.0. The molecule has 14 heteroatoms. The number of carbonyl (C=O) groups excluding carboxylic acids is 1. The van der Waals surface area contributed by atoms with Crippen molar-refractivity contribution < 1.29 is 37.3 Å². The highest BCUT2D eigenvalue weighted by Gasteiger charge is 2.50. The van der Waals surface area contributed by atoms with Crippen LogP contribution in [0.2, 0.25) is 0 Å². The van der Waals surface area contributed by atoms with Gasteiger partial charge in [-0.2, -0.15) is 18.3 Å². The molecule has 2 fully saturated rings. The molecular formula is C29H34F3N5O5S. The van der Waals surface area contributed by atoms with Crippen molar-refractivity contribution in [1.82, 2.24) is 24.7 Å². The standard InChI is InChI=1S/C27H33N5O3S.C2HF3O2/c1-31-16-13-27(19-5-10-23(34-2)24(17-19)35-3)12-11-20(18-25(27)31)29-26(33)30-36-22-8-6-21(7-9-22)32-15-4-14-28-32;3-2(4,5)1(6)7/h4-10,14-15,17,20,25H,11-13,16,18H2,1-3H3,(H2,29,30,33);(H,6,7). The molecule has 2 heterocycles. The van der Waals surface area contributed by atoms with E-state index in [4.69, 9.17) is 19.4 Å². The fourth-order valence-electron chi connectivity index (χ4n) is 5.80. The number of aliphatic carboxylic acids is 1. The Kier molecular flexibility index (Phi) is 10.1. The fraction of sp³-hybridized carbons (Fsp3) is 0.414. The first-order valence-electron chi connectivity index (χ1n) is 13.5. The third kappa shape index (κ3) is 7.54. The molecule has 0 radical (unpaired) electrons. The van der Waals surface area contributed by atoms with Gasteiger partial charge in [-0.1, -0.05) is 6.07 Å². The minimum atomic E-state index is -5.08. The number of ether oxygens (including phenoxy) is 2. The number of aromatic nitrogens is 2. The van der Waals surface area contributed by atoms with Gasteiger partial charge in [0.25, 0.3) is 0 Å². The van der Waals surface area contributed by atoms with E-state index >= 15 is 0 Å². The summed E-state index contributed by atoms with van der Waals surface area (Å²) < 4.78 is 47.5. The van der Waals surface area contributed by atoms with Gasteiger partial charge in [-0.15, -0.1) is 0 Å². The quantitative estimate of drug-likeness (QED) is 0.315. The van der Waals surface area contributed by atoms with Crippen LogP contribution in [0.25, 0.3) is 5.69 Å². The van der Waals surface area contributed by atoms with Crippen molar-refractivity contribution >= 4 is 23.9 Å². The lowest BCUT2D eigenvalue weighted by atomic mass is 9.65. The molecule has 5 rings (SSSR count). The second-order valence-electron chi connectivity index (χ2n) is 10.4. The van der Waals surface area contributed by atoms with Crippen LogP contribution in [-0.4, -0.2) is 77.9 Å². The number of rotatable bonds is 7. The number of carboxylic acids is 1. The second-order valence-corrected chi connectivity index (χ2v) is 11.2. The van der Waals surface area contributed by atoms with Gasteiger partial charge in [0.05, 0.1) is 19.9 Å². The Morgan fingerprint density at radius 3 is 2.40 bits per heavy atom. The molecule has 2 amide bonds. The summed E-state index contributed by atoms with van der Waals surface area (Å²) >= 11 is 1.32. The predicted molar refractivity (Wildman–Crippen MR) is 155 cm³/mol. The van der Waals surface area contributed by atoms with Crippen molar-refractivity contribution in [3.05, 3.63) is 66.5 Å². The molecule has 2 aromatic carbocycles. The Bertz CT molecular complexity index is 1390. The number of fused-ring (bicyclic) bond motifs is 1. The molecule has 0 bridgehead atoms. The van der Waals surface area contributed by atoms with E-state index in [0.29, 0.717) is 6.04 Å². The Morgan fingerprint density at radius 1 is 1.09 bits per heavy atom. The van der Waals surface area contributed by atoms with E-state index in [1.807, 2.05) is 42.6 Å². The number of likely N-dealkylation sites (tertiary alicyclic amines) is 1. The summed E-state index contributed by atoms with van der Waals surface area (Å²) in [7, 11) is 5.54. The van der Waals surface area contributed by atoms with E-state index in [-0.39, 0.29) is 17.5 Å². The number of amides is 2. The molecule has 43 heavy (non-hydrogen) atoms.